The Kier molecular flexibility index (Phi) is 9.17. The smallest absolute Gasteiger partial charge is 0.253 e. The molecule has 3 aromatic rings. The van der Waals surface area contributed by atoms with E-state index in [-0.39, 0.29) is 5.91 Å². The maximum atomic E-state index is 12.9. The van der Waals surface area contributed by atoms with Gasteiger partial charge in [-0.25, -0.2) is 9.97 Å². The summed E-state index contributed by atoms with van der Waals surface area (Å²) in [6.45, 7) is 11.4. The van der Waals surface area contributed by atoms with E-state index in [9.17, 15) is 4.79 Å². The highest BCUT2D eigenvalue weighted by Crippen LogP contribution is 2.26. The zero-order chi connectivity index (χ0) is 26.3. The molecule has 1 aromatic heterocycles. The number of piperazine rings is 2. The molecule has 5 rings (SSSR count). The Hall–Kier alpha value is -2.65. The number of benzene rings is 2. The lowest BCUT2D eigenvalue weighted by Crippen LogP contribution is -2.48. The number of carbonyl (C=O) groups excluding carboxylic acids is 1. The Morgan fingerprint density at radius 1 is 0.842 bits per heavy atom. The van der Waals surface area contributed by atoms with Crippen LogP contribution < -0.4 is 4.90 Å². The van der Waals surface area contributed by atoms with Crippen molar-refractivity contribution in [3.63, 3.8) is 0 Å². The first kappa shape index (κ1) is 26.9. The first-order chi connectivity index (χ1) is 18.6. The predicted octanol–water partition coefficient (Wildman–Crippen LogP) is 4.52. The van der Waals surface area contributed by atoms with E-state index in [1.165, 1.54) is 5.56 Å². The van der Waals surface area contributed by atoms with E-state index in [2.05, 4.69) is 56.9 Å². The molecule has 0 unspecified atom stereocenters. The van der Waals surface area contributed by atoms with Gasteiger partial charge >= 0.3 is 0 Å². The van der Waals surface area contributed by atoms with Gasteiger partial charge in [-0.3, -0.25) is 9.69 Å². The number of amides is 1. The number of likely N-dealkylation sites (N-methyl/N-ethyl adjacent to an activating group) is 1. The van der Waals surface area contributed by atoms with Gasteiger partial charge in [0.2, 0.25) is 0 Å². The molecule has 0 saturated carbocycles. The Morgan fingerprint density at radius 2 is 1.53 bits per heavy atom. The van der Waals surface area contributed by atoms with Crippen molar-refractivity contribution in [2.45, 2.75) is 24.4 Å². The van der Waals surface area contributed by atoms with Crippen LogP contribution in [0.4, 0.5) is 5.82 Å². The van der Waals surface area contributed by atoms with E-state index in [0.717, 1.165) is 82.4 Å². The molecule has 2 aliphatic rings. The Morgan fingerprint density at radius 3 is 2.21 bits per heavy atom. The second-order valence-corrected chi connectivity index (χ2v) is 11.1. The van der Waals surface area contributed by atoms with E-state index in [4.69, 9.17) is 16.6 Å². The van der Waals surface area contributed by atoms with Crippen LogP contribution in [0.15, 0.2) is 65.8 Å². The normalized spacial score (nSPS) is 17.1. The average molecular weight is 551 g/mol. The Balaban J connectivity index is 1.13. The molecular weight excluding hydrogens is 516 g/mol. The summed E-state index contributed by atoms with van der Waals surface area (Å²) in [5.41, 5.74) is 3.22. The highest BCUT2D eigenvalue weighted by molar-refractivity contribution is 7.98. The molecule has 0 atom stereocenters. The minimum atomic E-state index is 0.117. The van der Waals surface area contributed by atoms with Crippen LogP contribution in [0.25, 0.3) is 0 Å². The quantitative estimate of drug-likeness (QED) is 0.232. The fraction of sp³-hybridized carbons (Fsp3) is 0.414. The zero-order valence-electron chi connectivity index (χ0n) is 21.9. The van der Waals surface area contributed by atoms with Crippen LogP contribution in [0.2, 0.25) is 5.15 Å². The third kappa shape index (κ3) is 7.05. The molecule has 0 spiro atoms. The molecular formula is C29H35ClN6OS. The molecule has 2 aliphatic heterocycles. The van der Waals surface area contributed by atoms with E-state index >= 15 is 0 Å². The van der Waals surface area contributed by atoms with Crippen LogP contribution >= 0.6 is 23.4 Å². The van der Waals surface area contributed by atoms with Gasteiger partial charge in [0.25, 0.3) is 5.91 Å². The highest BCUT2D eigenvalue weighted by atomic mass is 35.5. The zero-order valence-corrected chi connectivity index (χ0v) is 23.5. The molecule has 7 nitrogen and oxygen atoms in total. The van der Waals surface area contributed by atoms with Gasteiger partial charge < -0.3 is 14.7 Å². The van der Waals surface area contributed by atoms with E-state index < -0.39 is 0 Å². The summed E-state index contributed by atoms with van der Waals surface area (Å²) in [6, 6.07) is 20.4. The molecule has 38 heavy (non-hydrogen) atoms. The lowest BCUT2D eigenvalue weighted by molar-refractivity contribution is 0.0643. The molecule has 3 heterocycles. The maximum Gasteiger partial charge on any atom is 0.253 e. The van der Waals surface area contributed by atoms with Gasteiger partial charge in [-0.15, -0.1) is 0 Å². The van der Waals surface area contributed by atoms with Crippen LogP contribution in [0.3, 0.4) is 0 Å². The fourth-order valence-electron chi connectivity index (χ4n) is 4.93. The molecule has 0 N–H and O–H groups in total. The van der Waals surface area contributed by atoms with Gasteiger partial charge in [0.15, 0.2) is 5.16 Å². The van der Waals surface area contributed by atoms with E-state index in [1.807, 2.05) is 35.2 Å². The Labute approximate surface area is 234 Å². The van der Waals surface area contributed by atoms with Crippen molar-refractivity contribution in [1.82, 2.24) is 24.7 Å². The first-order valence-electron chi connectivity index (χ1n) is 13.4. The first-order valence-corrected chi connectivity index (χ1v) is 14.7. The number of carbonyl (C=O) groups is 1. The number of thioether (sulfide) groups is 1. The number of halogens is 1. The lowest BCUT2D eigenvalue weighted by Gasteiger charge is -2.35. The standard InChI is InChI=1S/C29H35ClN6OS/c1-2-33-12-18-36(19-13-33)28(37)25-10-8-24(9-11-25)22-38-29-31-26(30)20-27(32-29)35-16-14-34(15-17-35)21-23-6-4-3-5-7-23/h3-11,20H,2,12-19,21-22H2,1H3. The van der Waals surface area contributed by atoms with Crippen LogP contribution in [-0.2, 0) is 12.3 Å². The van der Waals surface area contributed by atoms with Crippen molar-refractivity contribution < 1.29 is 4.79 Å². The summed E-state index contributed by atoms with van der Waals surface area (Å²) in [6.07, 6.45) is 0. The number of hydrogen-bond donors (Lipinski definition) is 0. The fourth-order valence-corrected chi connectivity index (χ4v) is 5.97. The topological polar surface area (TPSA) is 55.8 Å². The van der Waals surface area contributed by atoms with Crippen molar-refractivity contribution >= 4 is 35.1 Å². The molecule has 1 amide bonds. The van der Waals surface area contributed by atoms with E-state index in [0.29, 0.717) is 16.1 Å². The molecule has 0 radical (unpaired) electrons. The molecule has 2 saturated heterocycles. The number of hydrogen-bond acceptors (Lipinski definition) is 7. The summed E-state index contributed by atoms with van der Waals surface area (Å²) in [5.74, 6) is 1.72. The SMILES string of the molecule is CCN1CCN(C(=O)c2ccc(CSc3nc(Cl)cc(N4CCN(Cc5ccccc5)CC4)n3)cc2)CC1. The van der Waals surface area contributed by atoms with Crippen LogP contribution in [0, 0.1) is 0 Å². The van der Waals surface area contributed by atoms with Gasteiger partial charge in [-0.1, -0.05) is 72.8 Å². The second-order valence-electron chi connectivity index (χ2n) is 9.79. The third-order valence-electron chi connectivity index (χ3n) is 7.28. The highest BCUT2D eigenvalue weighted by Gasteiger charge is 2.22. The lowest BCUT2D eigenvalue weighted by atomic mass is 10.1. The van der Waals surface area contributed by atoms with Gasteiger partial charge in [0.05, 0.1) is 0 Å². The minimum absolute atomic E-state index is 0.117. The molecule has 9 heteroatoms. The van der Waals surface area contributed by atoms with Crippen molar-refractivity contribution in [3.05, 3.63) is 82.5 Å². The van der Waals surface area contributed by atoms with Gasteiger partial charge in [-0.05, 0) is 29.8 Å². The van der Waals surface area contributed by atoms with Crippen molar-refractivity contribution in [2.24, 2.45) is 0 Å². The Bertz CT molecular complexity index is 1200. The summed E-state index contributed by atoms with van der Waals surface area (Å²) < 4.78 is 0. The average Bonchev–Trinajstić information content (AvgIpc) is 2.97. The number of anilines is 1. The van der Waals surface area contributed by atoms with Crippen molar-refractivity contribution in [3.8, 4) is 0 Å². The second kappa shape index (κ2) is 12.9. The van der Waals surface area contributed by atoms with Crippen molar-refractivity contribution in [1.29, 1.82) is 0 Å². The minimum Gasteiger partial charge on any atom is -0.354 e. The summed E-state index contributed by atoms with van der Waals surface area (Å²) >= 11 is 7.96. The third-order valence-corrected chi connectivity index (χ3v) is 8.39. The van der Waals surface area contributed by atoms with Gasteiger partial charge in [0, 0.05) is 76.3 Å². The van der Waals surface area contributed by atoms with Gasteiger partial charge in [0.1, 0.15) is 11.0 Å². The monoisotopic (exact) mass is 550 g/mol. The summed E-state index contributed by atoms with van der Waals surface area (Å²) in [7, 11) is 0. The summed E-state index contributed by atoms with van der Waals surface area (Å²) in [5, 5.41) is 1.14. The number of nitrogens with zero attached hydrogens (tertiary/aromatic N) is 6. The molecule has 0 aliphatic carbocycles. The molecule has 200 valence electrons. The number of aromatic nitrogens is 2. The maximum absolute atomic E-state index is 12.9. The van der Waals surface area contributed by atoms with Crippen molar-refractivity contribution in [2.75, 3.05) is 63.8 Å². The van der Waals surface area contributed by atoms with Crippen LogP contribution in [-0.4, -0.2) is 89.5 Å². The molecule has 2 aromatic carbocycles. The summed E-state index contributed by atoms with van der Waals surface area (Å²) in [4.78, 5) is 31.2. The van der Waals surface area contributed by atoms with E-state index in [1.54, 1.807) is 11.8 Å². The molecule has 2 fully saturated rings. The molecule has 0 bridgehead atoms. The van der Waals surface area contributed by atoms with Gasteiger partial charge in [-0.2, -0.15) is 0 Å². The largest absolute Gasteiger partial charge is 0.354 e. The van der Waals surface area contributed by atoms with Crippen LogP contribution in [0.1, 0.15) is 28.4 Å². The van der Waals surface area contributed by atoms with Crippen LogP contribution in [0.5, 0.6) is 0 Å². The predicted molar refractivity (Wildman–Crippen MR) is 155 cm³/mol. The number of rotatable bonds is 8.